The lowest BCUT2D eigenvalue weighted by Gasteiger charge is -2.04. The molecular weight excluding hydrogens is 226 g/mol. The third kappa shape index (κ3) is 1.62. The van der Waals surface area contributed by atoms with Gasteiger partial charge in [-0.3, -0.25) is 0 Å². The summed E-state index contributed by atoms with van der Waals surface area (Å²) in [6.07, 6.45) is 2.61. The first-order chi connectivity index (χ1) is 6.22. The van der Waals surface area contributed by atoms with Crippen LogP contribution in [0.3, 0.4) is 0 Å². The SMILES string of the molecule is Cc1cc(C2CC2)cc(Br)c1C#N. The Balaban J connectivity index is 2.50. The quantitative estimate of drug-likeness (QED) is 0.731. The van der Waals surface area contributed by atoms with E-state index in [0.717, 1.165) is 21.5 Å². The van der Waals surface area contributed by atoms with Crippen molar-refractivity contribution in [3.63, 3.8) is 0 Å². The highest BCUT2D eigenvalue weighted by atomic mass is 79.9. The number of aryl methyl sites for hydroxylation is 1. The lowest BCUT2D eigenvalue weighted by molar-refractivity contribution is 1.11. The van der Waals surface area contributed by atoms with Crippen LogP contribution in [0.25, 0.3) is 0 Å². The Morgan fingerprint density at radius 3 is 2.62 bits per heavy atom. The van der Waals surface area contributed by atoms with Crippen LogP contribution in [0.2, 0.25) is 0 Å². The van der Waals surface area contributed by atoms with Crippen molar-refractivity contribution in [1.82, 2.24) is 0 Å². The number of hydrogen-bond acceptors (Lipinski definition) is 1. The highest BCUT2D eigenvalue weighted by Gasteiger charge is 2.24. The van der Waals surface area contributed by atoms with Crippen molar-refractivity contribution >= 4 is 15.9 Å². The smallest absolute Gasteiger partial charge is 0.101 e. The van der Waals surface area contributed by atoms with Crippen LogP contribution in [0.4, 0.5) is 0 Å². The molecule has 1 fully saturated rings. The van der Waals surface area contributed by atoms with Gasteiger partial charge in [-0.25, -0.2) is 0 Å². The fourth-order valence-corrected chi connectivity index (χ4v) is 2.23. The van der Waals surface area contributed by atoms with Crippen LogP contribution in [0.15, 0.2) is 16.6 Å². The molecule has 2 rings (SSSR count). The summed E-state index contributed by atoms with van der Waals surface area (Å²) in [5.74, 6) is 0.753. The van der Waals surface area contributed by atoms with E-state index in [1.165, 1.54) is 18.4 Å². The van der Waals surface area contributed by atoms with E-state index in [0.29, 0.717) is 0 Å². The van der Waals surface area contributed by atoms with Crippen LogP contribution >= 0.6 is 15.9 Å². The maximum Gasteiger partial charge on any atom is 0.101 e. The molecule has 0 spiro atoms. The first-order valence-electron chi connectivity index (χ1n) is 4.42. The molecule has 1 aromatic rings. The van der Waals surface area contributed by atoms with E-state index in [2.05, 4.69) is 34.1 Å². The van der Waals surface area contributed by atoms with Crippen LogP contribution in [0, 0.1) is 18.3 Å². The second-order valence-electron chi connectivity index (χ2n) is 3.58. The summed E-state index contributed by atoms with van der Waals surface area (Å²) in [7, 11) is 0. The summed E-state index contributed by atoms with van der Waals surface area (Å²) in [5, 5.41) is 8.86. The predicted molar refractivity (Wildman–Crippen MR) is 55.6 cm³/mol. The molecule has 0 N–H and O–H groups in total. The molecule has 1 saturated carbocycles. The summed E-state index contributed by atoms with van der Waals surface area (Å²) >= 11 is 3.43. The van der Waals surface area contributed by atoms with Crippen LogP contribution in [0.5, 0.6) is 0 Å². The zero-order valence-electron chi connectivity index (χ0n) is 7.47. The van der Waals surface area contributed by atoms with Crippen LogP contribution in [0.1, 0.15) is 35.4 Å². The van der Waals surface area contributed by atoms with Gasteiger partial charge in [-0.1, -0.05) is 6.07 Å². The summed E-state index contributed by atoms with van der Waals surface area (Å²) in [5.41, 5.74) is 3.23. The molecule has 1 aromatic carbocycles. The van der Waals surface area contributed by atoms with Gasteiger partial charge < -0.3 is 0 Å². The van der Waals surface area contributed by atoms with E-state index in [1.807, 2.05) is 6.92 Å². The van der Waals surface area contributed by atoms with Crippen molar-refractivity contribution in [3.8, 4) is 6.07 Å². The Hall–Kier alpha value is -0.810. The Bertz CT molecular complexity index is 363. The molecule has 0 radical (unpaired) electrons. The molecule has 0 aliphatic heterocycles. The zero-order chi connectivity index (χ0) is 9.42. The van der Waals surface area contributed by atoms with Gasteiger partial charge in [0.1, 0.15) is 6.07 Å². The molecule has 13 heavy (non-hydrogen) atoms. The molecule has 0 bridgehead atoms. The van der Waals surface area contributed by atoms with E-state index in [9.17, 15) is 0 Å². The van der Waals surface area contributed by atoms with Gasteiger partial charge >= 0.3 is 0 Å². The zero-order valence-corrected chi connectivity index (χ0v) is 9.06. The average molecular weight is 236 g/mol. The second-order valence-corrected chi connectivity index (χ2v) is 4.44. The van der Waals surface area contributed by atoms with Crippen LogP contribution < -0.4 is 0 Å². The van der Waals surface area contributed by atoms with E-state index in [4.69, 9.17) is 5.26 Å². The fourth-order valence-electron chi connectivity index (χ4n) is 1.56. The molecule has 1 aliphatic carbocycles. The maximum absolute atomic E-state index is 8.86. The summed E-state index contributed by atoms with van der Waals surface area (Å²) < 4.78 is 0.942. The summed E-state index contributed by atoms with van der Waals surface area (Å²) in [6.45, 7) is 2.00. The van der Waals surface area contributed by atoms with E-state index < -0.39 is 0 Å². The number of benzene rings is 1. The number of hydrogen-bond donors (Lipinski definition) is 0. The maximum atomic E-state index is 8.86. The first-order valence-corrected chi connectivity index (χ1v) is 5.22. The van der Waals surface area contributed by atoms with Gasteiger partial charge in [0.05, 0.1) is 5.56 Å². The topological polar surface area (TPSA) is 23.8 Å². The molecule has 2 heteroatoms. The van der Waals surface area contributed by atoms with E-state index in [-0.39, 0.29) is 0 Å². The van der Waals surface area contributed by atoms with E-state index >= 15 is 0 Å². The van der Waals surface area contributed by atoms with Gasteiger partial charge in [0.15, 0.2) is 0 Å². The molecule has 1 aliphatic rings. The van der Waals surface area contributed by atoms with Crippen LogP contribution in [-0.2, 0) is 0 Å². The Labute approximate surface area is 86.5 Å². The van der Waals surface area contributed by atoms with Gasteiger partial charge in [0.25, 0.3) is 0 Å². The number of nitriles is 1. The predicted octanol–water partition coefficient (Wildman–Crippen LogP) is 3.51. The van der Waals surface area contributed by atoms with Crippen molar-refractivity contribution in [3.05, 3.63) is 33.3 Å². The van der Waals surface area contributed by atoms with Gasteiger partial charge in [-0.05, 0) is 58.8 Å². The van der Waals surface area contributed by atoms with Crippen molar-refractivity contribution < 1.29 is 0 Å². The average Bonchev–Trinajstić information content (AvgIpc) is 2.85. The molecule has 1 nitrogen and oxygen atoms in total. The standard InChI is InChI=1S/C11H10BrN/c1-7-4-9(8-2-3-8)5-11(12)10(7)6-13/h4-5,8H,2-3H2,1H3. The second kappa shape index (κ2) is 3.16. The van der Waals surface area contributed by atoms with Gasteiger partial charge in [0, 0.05) is 4.47 Å². The monoisotopic (exact) mass is 235 g/mol. The number of nitrogens with zero attached hydrogens (tertiary/aromatic N) is 1. The Morgan fingerprint density at radius 2 is 2.15 bits per heavy atom. The summed E-state index contributed by atoms with van der Waals surface area (Å²) in [4.78, 5) is 0. The fraction of sp³-hybridized carbons (Fsp3) is 0.364. The van der Waals surface area contributed by atoms with Crippen molar-refractivity contribution in [2.24, 2.45) is 0 Å². The van der Waals surface area contributed by atoms with E-state index in [1.54, 1.807) is 0 Å². The van der Waals surface area contributed by atoms with Gasteiger partial charge in [-0.15, -0.1) is 0 Å². The largest absolute Gasteiger partial charge is 0.192 e. The normalized spacial score (nSPS) is 15.5. The molecule has 0 heterocycles. The molecule has 0 atom stereocenters. The Kier molecular flexibility index (Phi) is 2.13. The van der Waals surface area contributed by atoms with Crippen molar-refractivity contribution in [1.29, 1.82) is 5.26 Å². The minimum absolute atomic E-state index is 0.753. The molecule has 0 aromatic heterocycles. The summed E-state index contributed by atoms with van der Waals surface area (Å²) in [6, 6.07) is 6.43. The Morgan fingerprint density at radius 1 is 1.46 bits per heavy atom. The third-order valence-electron chi connectivity index (χ3n) is 2.47. The minimum Gasteiger partial charge on any atom is -0.192 e. The lowest BCUT2D eigenvalue weighted by atomic mass is 10.0. The first kappa shape index (κ1) is 8.77. The highest BCUT2D eigenvalue weighted by Crippen LogP contribution is 2.41. The molecule has 0 amide bonds. The molecule has 0 unspecified atom stereocenters. The lowest BCUT2D eigenvalue weighted by Crippen LogP contribution is -1.88. The van der Waals surface area contributed by atoms with Crippen molar-refractivity contribution in [2.75, 3.05) is 0 Å². The number of halogens is 1. The molecular formula is C11H10BrN. The third-order valence-corrected chi connectivity index (χ3v) is 3.10. The number of rotatable bonds is 1. The van der Waals surface area contributed by atoms with Crippen LogP contribution in [-0.4, -0.2) is 0 Å². The molecule has 0 saturated heterocycles. The minimum atomic E-state index is 0.753. The highest BCUT2D eigenvalue weighted by molar-refractivity contribution is 9.10. The van der Waals surface area contributed by atoms with Gasteiger partial charge in [-0.2, -0.15) is 5.26 Å². The van der Waals surface area contributed by atoms with Gasteiger partial charge in [0.2, 0.25) is 0 Å². The molecule has 66 valence electrons. The van der Waals surface area contributed by atoms with Crippen molar-refractivity contribution in [2.45, 2.75) is 25.7 Å².